The summed E-state index contributed by atoms with van der Waals surface area (Å²) in [6, 6.07) is 23.1. The molecule has 2 saturated heterocycles. The summed E-state index contributed by atoms with van der Waals surface area (Å²) in [6.07, 6.45) is 1.09. The summed E-state index contributed by atoms with van der Waals surface area (Å²) >= 11 is 0. The van der Waals surface area contributed by atoms with Gasteiger partial charge >= 0.3 is 0 Å². The molecular weight excluding hydrogens is 611 g/mol. The van der Waals surface area contributed by atoms with Crippen molar-refractivity contribution in [3.05, 3.63) is 95.1 Å². The zero-order chi connectivity index (χ0) is 33.1. The van der Waals surface area contributed by atoms with Crippen molar-refractivity contribution in [2.75, 3.05) is 23.0 Å². The molecule has 3 aromatic carbocycles. The van der Waals surface area contributed by atoms with E-state index >= 15 is 0 Å². The predicted molar refractivity (Wildman–Crippen MR) is 181 cm³/mol. The second-order valence-corrected chi connectivity index (χ2v) is 18.1. The molecule has 0 saturated carbocycles. The van der Waals surface area contributed by atoms with Crippen LogP contribution in [0, 0.1) is 5.92 Å². The highest BCUT2D eigenvalue weighted by Gasteiger charge is 2.66. The fraction of sp³-hybridized carbons (Fsp3) is 0.432. The van der Waals surface area contributed by atoms with E-state index in [1.54, 1.807) is 14.7 Å². The van der Waals surface area contributed by atoms with E-state index in [-0.39, 0.29) is 36.8 Å². The van der Waals surface area contributed by atoms with Crippen LogP contribution in [0.25, 0.3) is 0 Å². The van der Waals surface area contributed by atoms with Gasteiger partial charge in [-0.05, 0) is 60.8 Å². The minimum Gasteiger partial charge on any atom is -0.432 e. The number of carbonyl (C=O) groups is 3. The van der Waals surface area contributed by atoms with Crippen LogP contribution in [-0.4, -0.2) is 66.1 Å². The van der Waals surface area contributed by atoms with Gasteiger partial charge in [0, 0.05) is 42.2 Å². The molecule has 10 heteroatoms. The van der Waals surface area contributed by atoms with Crippen LogP contribution in [0.3, 0.4) is 0 Å². The summed E-state index contributed by atoms with van der Waals surface area (Å²) in [4.78, 5) is 58.8. The van der Waals surface area contributed by atoms with Crippen LogP contribution in [0.2, 0.25) is 18.6 Å². The van der Waals surface area contributed by atoms with Crippen LogP contribution in [0.15, 0.2) is 72.8 Å². The minimum atomic E-state index is -3.02. The van der Waals surface area contributed by atoms with Crippen molar-refractivity contribution in [3.8, 4) is 0 Å². The first-order chi connectivity index (χ1) is 22.5. The Morgan fingerprint density at radius 2 is 1.74 bits per heavy atom. The maximum absolute atomic E-state index is 14.9. The van der Waals surface area contributed by atoms with Crippen LogP contribution in [0.4, 0.5) is 11.4 Å². The zero-order valence-electron chi connectivity index (χ0n) is 27.3. The molecule has 9 nitrogen and oxygen atoms in total. The van der Waals surface area contributed by atoms with Crippen LogP contribution in [0.1, 0.15) is 48.4 Å². The number of aliphatic hydroxyl groups excluding tert-OH is 1. The summed E-state index contributed by atoms with van der Waals surface area (Å²) in [7, 11) is -3.02. The second-order valence-electron chi connectivity index (χ2n) is 14.1. The Balaban J connectivity index is 1.28. The number of hydrogen-bond donors (Lipinski definition) is 2. The average molecular weight is 654 g/mol. The molecule has 3 amide bonds. The first kappa shape index (κ1) is 31.8. The van der Waals surface area contributed by atoms with Crippen LogP contribution in [0.5, 0.6) is 0 Å². The van der Waals surface area contributed by atoms with Gasteiger partial charge in [-0.15, -0.1) is 0 Å². The van der Waals surface area contributed by atoms with E-state index in [9.17, 15) is 24.3 Å². The fourth-order valence-corrected chi connectivity index (χ4v) is 11.2. The number of nitrogens with zero attached hydrogens (tertiary/aromatic N) is 3. The quantitative estimate of drug-likeness (QED) is 0.364. The van der Waals surface area contributed by atoms with Gasteiger partial charge < -0.3 is 29.3 Å². The third-order valence-corrected chi connectivity index (χ3v) is 13.3. The molecule has 1 spiro atoms. The molecule has 246 valence electrons. The lowest BCUT2D eigenvalue weighted by Gasteiger charge is -2.37. The van der Waals surface area contributed by atoms with E-state index in [2.05, 4.69) is 0 Å². The lowest BCUT2D eigenvalue weighted by molar-refractivity contribution is -0.151. The number of rotatable bonds is 7. The predicted octanol–water partition coefficient (Wildman–Crippen LogP) is 4.49. The molecule has 0 aromatic heterocycles. The molecular formula is C37H43N3O6Si. The molecule has 2 N–H and O–H groups in total. The van der Waals surface area contributed by atoms with Gasteiger partial charge in [0.2, 0.25) is 11.8 Å². The van der Waals surface area contributed by atoms with E-state index in [1.807, 2.05) is 92.8 Å². The molecule has 5 atom stereocenters. The van der Waals surface area contributed by atoms with E-state index in [0.717, 1.165) is 34.5 Å². The van der Waals surface area contributed by atoms with E-state index < -0.39 is 31.5 Å². The number of ether oxygens (including phenoxy) is 1. The fourth-order valence-electron chi connectivity index (χ4n) is 8.61. The van der Waals surface area contributed by atoms with Gasteiger partial charge in [0.15, 0.2) is 13.9 Å². The molecule has 47 heavy (non-hydrogen) atoms. The summed E-state index contributed by atoms with van der Waals surface area (Å²) in [5.41, 5.74) is 3.41. The first-order valence-electron chi connectivity index (χ1n) is 16.7. The topological polar surface area (TPSA) is 111 Å². The molecule has 0 radical (unpaired) electrons. The third kappa shape index (κ3) is 5.31. The molecule has 4 aliphatic rings. The Bertz CT molecular complexity index is 1710. The summed E-state index contributed by atoms with van der Waals surface area (Å²) in [6.45, 7) is 6.85. The summed E-state index contributed by atoms with van der Waals surface area (Å²) in [5.74, 6) is -0.776. The highest BCUT2D eigenvalue weighted by Crippen LogP contribution is 2.60. The van der Waals surface area contributed by atoms with Gasteiger partial charge in [-0.1, -0.05) is 61.5 Å². The van der Waals surface area contributed by atoms with Crippen LogP contribution >= 0.6 is 0 Å². The Morgan fingerprint density at radius 3 is 2.43 bits per heavy atom. The number of amides is 3. The maximum atomic E-state index is 14.9. The van der Waals surface area contributed by atoms with Gasteiger partial charge in [-0.2, -0.15) is 0 Å². The monoisotopic (exact) mass is 653 g/mol. The molecule has 0 aliphatic carbocycles. The molecule has 0 unspecified atom stereocenters. The first-order valence-corrected chi connectivity index (χ1v) is 19.7. The van der Waals surface area contributed by atoms with Gasteiger partial charge in [0.25, 0.3) is 5.91 Å². The average Bonchev–Trinajstić information content (AvgIpc) is 3.69. The Labute approximate surface area is 276 Å². The minimum absolute atomic E-state index is 0.0159. The standard InChI is InChI=1S/C37H43N3O6Si/c1-24-35(47(2,3)45)32(20-34(43)39-22-27-13-8-7-12-26(27)18-29(39)23-41)46-37(24)30-19-28(38-17-9-14-33(38)42)15-16-31(30)40(36(37)44)21-25-10-5-4-6-11-25/h4-8,10-13,15-16,19,24,29,32,35,41,45H,9,14,17-18,20-23H2,1-3H3/t24-,29+,32+,35-,37+/m1/s1. The second kappa shape index (κ2) is 12.0. The normalized spacial score (nSPS) is 27.1. The molecule has 0 bridgehead atoms. The molecule has 4 aliphatic heterocycles. The van der Waals surface area contributed by atoms with E-state index in [4.69, 9.17) is 4.74 Å². The zero-order valence-corrected chi connectivity index (χ0v) is 28.3. The maximum Gasteiger partial charge on any atom is 0.264 e. The molecule has 4 heterocycles. The number of fused-ring (bicyclic) bond motifs is 3. The number of aliphatic hydroxyl groups is 1. The van der Waals surface area contributed by atoms with Gasteiger partial charge in [-0.3, -0.25) is 14.4 Å². The van der Waals surface area contributed by atoms with Crippen LogP contribution < -0.4 is 9.80 Å². The van der Waals surface area contributed by atoms with Crippen molar-refractivity contribution in [1.82, 2.24) is 4.90 Å². The summed E-state index contributed by atoms with van der Waals surface area (Å²) in [5, 5.41) is 10.3. The SMILES string of the molecule is C[C@@H]1[C@@H]([Si](C)(C)O)[C@H](CC(=O)N2Cc3ccccc3C[C@H]2CO)O[C@@]12C(=O)N(Cc1ccccc1)c1ccc(N3CCCC3=O)cc12. The van der Waals surface area contributed by atoms with E-state index in [1.165, 1.54) is 0 Å². The Hall–Kier alpha value is -3.83. The molecule has 2 fully saturated rings. The van der Waals surface area contributed by atoms with Crippen molar-refractivity contribution in [2.45, 2.75) is 82.1 Å². The highest BCUT2D eigenvalue weighted by atomic mass is 28.4. The Kier molecular flexibility index (Phi) is 8.11. The summed E-state index contributed by atoms with van der Waals surface area (Å²) < 4.78 is 6.98. The molecule has 3 aromatic rings. The third-order valence-electron chi connectivity index (χ3n) is 10.8. The number of hydrogen-bond acceptors (Lipinski definition) is 6. The lowest BCUT2D eigenvalue weighted by Crippen LogP contribution is -2.48. The van der Waals surface area contributed by atoms with Crippen molar-refractivity contribution in [1.29, 1.82) is 0 Å². The van der Waals surface area contributed by atoms with Gasteiger partial charge in [0.05, 0.1) is 37.4 Å². The number of carbonyl (C=O) groups excluding carboxylic acids is 3. The highest BCUT2D eigenvalue weighted by molar-refractivity contribution is 6.71. The van der Waals surface area contributed by atoms with Crippen molar-refractivity contribution in [3.63, 3.8) is 0 Å². The number of benzene rings is 3. The van der Waals surface area contributed by atoms with Gasteiger partial charge in [-0.25, -0.2) is 0 Å². The van der Waals surface area contributed by atoms with E-state index in [0.29, 0.717) is 38.0 Å². The van der Waals surface area contributed by atoms with Crippen molar-refractivity contribution < 1.29 is 29.0 Å². The Morgan fingerprint density at radius 1 is 1.02 bits per heavy atom. The smallest absolute Gasteiger partial charge is 0.264 e. The largest absolute Gasteiger partial charge is 0.432 e. The van der Waals surface area contributed by atoms with Gasteiger partial charge in [0.1, 0.15) is 0 Å². The van der Waals surface area contributed by atoms with Crippen molar-refractivity contribution >= 4 is 37.4 Å². The van der Waals surface area contributed by atoms with Crippen molar-refractivity contribution in [2.24, 2.45) is 5.92 Å². The number of anilines is 2. The molecule has 7 rings (SSSR count). The lowest BCUT2D eigenvalue weighted by atomic mass is 9.82. The van der Waals surface area contributed by atoms with Crippen LogP contribution in [-0.2, 0) is 44.2 Å².